The maximum Gasteiger partial charge on any atom is 0.129 e. The van der Waals surface area contributed by atoms with Crippen LogP contribution in [0.5, 0.6) is 5.75 Å². The zero-order chi connectivity index (χ0) is 14.0. The summed E-state index contributed by atoms with van der Waals surface area (Å²) in [5.74, 6) is 0.565. The van der Waals surface area contributed by atoms with Crippen molar-refractivity contribution in [3.8, 4) is 5.75 Å². The van der Waals surface area contributed by atoms with Crippen molar-refractivity contribution in [2.75, 3.05) is 7.11 Å². The quantitative estimate of drug-likeness (QED) is 0.734. The molecule has 3 heteroatoms. The molecule has 2 aromatic carbocycles. The lowest BCUT2D eigenvalue weighted by molar-refractivity contribution is 0.410. The lowest BCUT2D eigenvalue weighted by atomic mass is 9.99. The van der Waals surface area contributed by atoms with E-state index in [0.717, 1.165) is 16.9 Å². The summed E-state index contributed by atoms with van der Waals surface area (Å²) in [6, 6.07) is 11.2. The minimum atomic E-state index is -0.353. The highest BCUT2D eigenvalue weighted by Gasteiger charge is 2.17. The number of ether oxygens (including phenoxy) is 1. The number of hydrogen-bond donors (Lipinski definition) is 0. The van der Waals surface area contributed by atoms with E-state index in [9.17, 15) is 4.39 Å². The minimum absolute atomic E-state index is 0.173. The molecule has 0 spiro atoms. The van der Waals surface area contributed by atoms with Crippen molar-refractivity contribution in [3.63, 3.8) is 0 Å². The summed E-state index contributed by atoms with van der Waals surface area (Å²) in [6.45, 7) is 3.50. The molecule has 0 aromatic heterocycles. The highest BCUT2D eigenvalue weighted by molar-refractivity contribution is 6.22. The Morgan fingerprint density at radius 1 is 1.11 bits per heavy atom. The van der Waals surface area contributed by atoms with Crippen LogP contribution in [0.4, 0.5) is 4.39 Å². The number of benzene rings is 2. The van der Waals surface area contributed by atoms with Gasteiger partial charge < -0.3 is 4.74 Å². The first-order valence-corrected chi connectivity index (χ1v) is 6.52. The lowest BCUT2D eigenvalue weighted by Crippen LogP contribution is -2.00. The molecule has 100 valence electrons. The highest BCUT2D eigenvalue weighted by Crippen LogP contribution is 2.35. The Kier molecular flexibility index (Phi) is 4.11. The summed E-state index contributed by atoms with van der Waals surface area (Å²) in [5.41, 5.74) is 2.98. The van der Waals surface area contributed by atoms with Crippen LogP contribution in [0.2, 0.25) is 0 Å². The van der Waals surface area contributed by atoms with Gasteiger partial charge in [-0.05, 0) is 36.6 Å². The third kappa shape index (κ3) is 2.74. The molecule has 1 atom stereocenters. The first kappa shape index (κ1) is 13.9. The number of hydrogen-bond acceptors (Lipinski definition) is 1. The van der Waals surface area contributed by atoms with Gasteiger partial charge in [0, 0.05) is 5.56 Å². The van der Waals surface area contributed by atoms with Crippen LogP contribution in [0.15, 0.2) is 36.4 Å². The van der Waals surface area contributed by atoms with Gasteiger partial charge >= 0.3 is 0 Å². The largest absolute Gasteiger partial charge is 0.496 e. The van der Waals surface area contributed by atoms with Gasteiger partial charge in [-0.2, -0.15) is 0 Å². The fraction of sp³-hybridized carbons (Fsp3) is 0.250. The van der Waals surface area contributed by atoms with Crippen molar-refractivity contribution in [1.82, 2.24) is 0 Å². The topological polar surface area (TPSA) is 9.23 Å². The van der Waals surface area contributed by atoms with Crippen LogP contribution in [0.25, 0.3) is 0 Å². The Bertz CT molecular complexity index is 572. The SMILES string of the molecule is COc1ccccc1C(Cl)c1cc(C)c(F)c(C)c1. The summed E-state index contributed by atoms with van der Waals surface area (Å²) >= 11 is 6.51. The van der Waals surface area contributed by atoms with Crippen molar-refractivity contribution >= 4 is 11.6 Å². The van der Waals surface area contributed by atoms with Gasteiger partial charge in [0.2, 0.25) is 0 Å². The Morgan fingerprint density at radius 2 is 1.68 bits per heavy atom. The second kappa shape index (κ2) is 5.62. The molecule has 0 aliphatic rings. The van der Waals surface area contributed by atoms with E-state index in [-0.39, 0.29) is 11.2 Å². The third-order valence-corrected chi connectivity index (χ3v) is 3.65. The molecule has 0 saturated heterocycles. The summed E-state index contributed by atoms with van der Waals surface area (Å²) in [7, 11) is 1.61. The fourth-order valence-corrected chi connectivity index (χ4v) is 2.49. The van der Waals surface area contributed by atoms with Gasteiger partial charge in [-0.25, -0.2) is 4.39 Å². The van der Waals surface area contributed by atoms with Crippen LogP contribution in [-0.2, 0) is 0 Å². The maximum atomic E-state index is 13.7. The molecule has 0 aliphatic carbocycles. The number of halogens is 2. The molecule has 0 radical (unpaired) electrons. The fourth-order valence-electron chi connectivity index (χ4n) is 2.18. The molecule has 1 unspecified atom stereocenters. The third-order valence-electron chi connectivity index (χ3n) is 3.16. The Labute approximate surface area is 118 Å². The Morgan fingerprint density at radius 3 is 2.26 bits per heavy atom. The normalized spacial score (nSPS) is 12.3. The van der Waals surface area contributed by atoms with E-state index in [1.54, 1.807) is 33.1 Å². The molecule has 1 nitrogen and oxygen atoms in total. The Balaban J connectivity index is 2.47. The lowest BCUT2D eigenvalue weighted by Gasteiger charge is -2.16. The number of aryl methyl sites for hydroxylation is 2. The van der Waals surface area contributed by atoms with Gasteiger partial charge in [0.05, 0.1) is 12.5 Å². The molecule has 0 aliphatic heterocycles. The molecule has 2 rings (SSSR count). The second-order valence-corrected chi connectivity index (χ2v) is 5.01. The highest BCUT2D eigenvalue weighted by atomic mass is 35.5. The molecular weight excluding hydrogens is 263 g/mol. The molecule has 0 N–H and O–H groups in total. The van der Waals surface area contributed by atoms with Crippen LogP contribution in [0.1, 0.15) is 27.6 Å². The summed E-state index contributed by atoms with van der Waals surface area (Å²) < 4.78 is 19.0. The summed E-state index contributed by atoms with van der Waals surface area (Å²) in [6.07, 6.45) is 0. The molecule has 0 amide bonds. The average Bonchev–Trinajstić information content (AvgIpc) is 2.43. The van der Waals surface area contributed by atoms with Crippen molar-refractivity contribution in [3.05, 3.63) is 64.5 Å². The van der Waals surface area contributed by atoms with Gasteiger partial charge in [0.25, 0.3) is 0 Å². The van der Waals surface area contributed by atoms with E-state index in [4.69, 9.17) is 16.3 Å². The van der Waals surface area contributed by atoms with Gasteiger partial charge in [0.15, 0.2) is 0 Å². The molecular formula is C16H16ClFO. The van der Waals surface area contributed by atoms with Crippen LogP contribution >= 0.6 is 11.6 Å². The van der Waals surface area contributed by atoms with Crippen molar-refractivity contribution in [1.29, 1.82) is 0 Å². The van der Waals surface area contributed by atoms with Crippen LogP contribution in [-0.4, -0.2) is 7.11 Å². The monoisotopic (exact) mass is 278 g/mol. The van der Waals surface area contributed by atoms with E-state index < -0.39 is 0 Å². The molecule has 0 bridgehead atoms. The second-order valence-electron chi connectivity index (χ2n) is 4.57. The van der Waals surface area contributed by atoms with Gasteiger partial charge in [-0.3, -0.25) is 0 Å². The minimum Gasteiger partial charge on any atom is -0.496 e. The van der Waals surface area contributed by atoms with E-state index in [0.29, 0.717) is 11.1 Å². The standard InChI is InChI=1S/C16H16ClFO/c1-10-8-12(9-11(2)16(10)18)15(17)13-6-4-5-7-14(13)19-3/h4-9,15H,1-3H3. The van der Waals surface area contributed by atoms with E-state index in [2.05, 4.69) is 0 Å². The molecule has 19 heavy (non-hydrogen) atoms. The zero-order valence-electron chi connectivity index (χ0n) is 11.2. The Hall–Kier alpha value is -1.54. The number of alkyl halides is 1. The summed E-state index contributed by atoms with van der Waals surface area (Å²) in [4.78, 5) is 0. The number of para-hydroxylation sites is 1. The number of methoxy groups -OCH3 is 1. The van der Waals surface area contributed by atoms with E-state index >= 15 is 0 Å². The predicted octanol–water partition coefficient (Wildman–Crippen LogP) is 4.78. The summed E-state index contributed by atoms with van der Waals surface area (Å²) in [5, 5.41) is -0.353. The van der Waals surface area contributed by atoms with Crippen LogP contribution in [0, 0.1) is 19.7 Å². The first-order valence-electron chi connectivity index (χ1n) is 6.08. The number of rotatable bonds is 3. The van der Waals surface area contributed by atoms with Crippen LogP contribution < -0.4 is 4.74 Å². The molecule has 2 aromatic rings. The van der Waals surface area contributed by atoms with Gasteiger partial charge in [0.1, 0.15) is 11.6 Å². The molecule has 0 fully saturated rings. The van der Waals surface area contributed by atoms with Gasteiger partial charge in [-0.1, -0.05) is 30.3 Å². The maximum absolute atomic E-state index is 13.7. The predicted molar refractivity (Wildman–Crippen MR) is 76.6 cm³/mol. The van der Waals surface area contributed by atoms with Crippen molar-refractivity contribution in [2.24, 2.45) is 0 Å². The molecule has 0 heterocycles. The van der Waals surface area contributed by atoms with Crippen molar-refractivity contribution < 1.29 is 9.13 Å². The van der Waals surface area contributed by atoms with E-state index in [1.165, 1.54) is 0 Å². The van der Waals surface area contributed by atoms with Crippen molar-refractivity contribution in [2.45, 2.75) is 19.2 Å². The van der Waals surface area contributed by atoms with E-state index in [1.807, 2.05) is 24.3 Å². The van der Waals surface area contributed by atoms with Crippen LogP contribution in [0.3, 0.4) is 0 Å². The molecule has 0 saturated carbocycles. The first-order chi connectivity index (χ1) is 9.04. The smallest absolute Gasteiger partial charge is 0.129 e. The average molecular weight is 279 g/mol. The zero-order valence-corrected chi connectivity index (χ0v) is 12.0. The van der Waals surface area contributed by atoms with Gasteiger partial charge in [-0.15, -0.1) is 11.6 Å².